The summed E-state index contributed by atoms with van der Waals surface area (Å²) in [6, 6.07) is 9.76. The summed E-state index contributed by atoms with van der Waals surface area (Å²) in [5.74, 6) is 0. The molecule has 2 aliphatic rings. The number of aryl methyl sites for hydroxylation is 2. The van der Waals surface area contributed by atoms with Crippen LogP contribution in [0.15, 0.2) is 42.1 Å². The van der Waals surface area contributed by atoms with Crippen molar-refractivity contribution in [1.29, 1.82) is 0 Å². The van der Waals surface area contributed by atoms with E-state index in [1.165, 1.54) is 11.1 Å². The van der Waals surface area contributed by atoms with E-state index >= 15 is 0 Å². The molecular weight excluding hydrogens is 376 g/mol. The third-order valence-electron chi connectivity index (χ3n) is 5.53. The zero-order valence-corrected chi connectivity index (χ0v) is 16.7. The molecule has 1 amide bonds. The van der Waals surface area contributed by atoms with Crippen LogP contribution in [0.2, 0.25) is 5.02 Å². The molecule has 1 fully saturated rings. The zero-order valence-electron chi connectivity index (χ0n) is 15.9. The topological polar surface area (TPSA) is 56.5 Å². The van der Waals surface area contributed by atoms with Crippen LogP contribution in [-0.2, 0) is 17.6 Å². The Morgan fingerprint density at radius 1 is 1.18 bits per heavy atom. The summed E-state index contributed by atoms with van der Waals surface area (Å²) in [6.45, 7) is 3.39. The van der Waals surface area contributed by atoms with Crippen molar-refractivity contribution in [2.45, 2.75) is 32.6 Å². The Morgan fingerprint density at radius 2 is 1.93 bits per heavy atom. The van der Waals surface area contributed by atoms with E-state index in [-0.39, 0.29) is 6.09 Å². The smallest absolute Gasteiger partial charge is 0.409 e. The van der Waals surface area contributed by atoms with Gasteiger partial charge in [-0.3, -0.25) is 0 Å². The van der Waals surface area contributed by atoms with Crippen molar-refractivity contribution >= 4 is 23.3 Å². The molecule has 1 aliphatic heterocycles. The molecule has 1 aromatic heterocycles. The molecule has 0 atom stereocenters. The molecule has 146 valence electrons. The Morgan fingerprint density at radius 3 is 2.68 bits per heavy atom. The maximum Gasteiger partial charge on any atom is 0.409 e. The first-order valence-corrected chi connectivity index (χ1v) is 10.1. The van der Waals surface area contributed by atoms with Crippen molar-refractivity contribution in [2.75, 3.05) is 19.7 Å². The quantitative estimate of drug-likeness (QED) is 0.536. The molecule has 2 heterocycles. The Kier molecular flexibility index (Phi) is 5.27. The Hall–Kier alpha value is -2.53. The van der Waals surface area contributed by atoms with Crippen LogP contribution in [0.25, 0.3) is 5.57 Å². The van der Waals surface area contributed by atoms with Gasteiger partial charge in [0, 0.05) is 29.7 Å². The van der Waals surface area contributed by atoms with E-state index in [1.54, 1.807) is 17.2 Å². The van der Waals surface area contributed by atoms with Crippen LogP contribution in [0.5, 0.6) is 0 Å². The van der Waals surface area contributed by atoms with E-state index < -0.39 is 0 Å². The van der Waals surface area contributed by atoms with E-state index in [9.17, 15) is 10.0 Å². The lowest BCUT2D eigenvalue weighted by molar-refractivity contribution is -0.608. The van der Waals surface area contributed by atoms with Gasteiger partial charge in [-0.15, -0.1) is 0 Å². The summed E-state index contributed by atoms with van der Waals surface area (Å²) in [7, 11) is 0. The molecule has 5 nitrogen and oxygen atoms in total. The number of likely N-dealkylation sites (tertiary alicyclic amines) is 1. The molecule has 1 aromatic carbocycles. The highest BCUT2D eigenvalue weighted by Gasteiger charge is 2.30. The van der Waals surface area contributed by atoms with Gasteiger partial charge in [0.15, 0.2) is 6.20 Å². The summed E-state index contributed by atoms with van der Waals surface area (Å²) in [4.78, 5) is 13.8. The van der Waals surface area contributed by atoms with Crippen LogP contribution < -0.4 is 4.73 Å². The van der Waals surface area contributed by atoms with Crippen molar-refractivity contribution in [3.8, 4) is 0 Å². The number of pyridine rings is 1. The molecular formula is C22H23ClN2O3. The molecule has 0 spiro atoms. The van der Waals surface area contributed by atoms with E-state index in [4.69, 9.17) is 16.3 Å². The predicted molar refractivity (Wildman–Crippen MR) is 108 cm³/mol. The van der Waals surface area contributed by atoms with Gasteiger partial charge in [-0.05, 0) is 61.9 Å². The highest BCUT2D eigenvalue weighted by molar-refractivity contribution is 6.30. The number of fused-ring (bicyclic) bond motifs is 2. The molecule has 1 aliphatic carbocycles. The predicted octanol–water partition coefficient (Wildman–Crippen LogP) is 4.13. The molecule has 1 saturated heterocycles. The van der Waals surface area contributed by atoms with Gasteiger partial charge in [0.25, 0.3) is 0 Å². The number of hydrogen-bond acceptors (Lipinski definition) is 3. The number of nitrogens with zero attached hydrogens (tertiary/aromatic N) is 2. The van der Waals surface area contributed by atoms with Crippen molar-refractivity contribution in [3.05, 3.63) is 74.7 Å². The molecule has 28 heavy (non-hydrogen) atoms. The summed E-state index contributed by atoms with van der Waals surface area (Å²) in [6.07, 6.45) is 4.40. The fraction of sp³-hybridized carbons (Fsp3) is 0.364. The molecule has 0 bridgehead atoms. The minimum atomic E-state index is -0.265. The molecule has 4 rings (SSSR count). The second-order valence-electron chi connectivity index (χ2n) is 7.17. The second-order valence-corrected chi connectivity index (χ2v) is 7.61. The highest BCUT2D eigenvalue weighted by atomic mass is 35.5. The number of aromatic nitrogens is 1. The number of carbonyl (C=O) groups is 1. The fourth-order valence-corrected chi connectivity index (χ4v) is 4.39. The van der Waals surface area contributed by atoms with Gasteiger partial charge >= 0.3 is 6.09 Å². The van der Waals surface area contributed by atoms with E-state index in [2.05, 4.69) is 0 Å². The average Bonchev–Trinajstić information content (AvgIpc) is 2.86. The van der Waals surface area contributed by atoms with Crippen LogP contribution in [0, 0.1) is 5.21 Å². The van der Waals surface area contributed by atoms with Crippen LogP contribution >= 0.6 is 11.6 Å². The van der Waals surface area contributed by atoms with Gasteiger partial charge in [0.1, 0.15) is 0 Å². The van der Waals surface area contributed by atoms with Crippen LogP contribution in [0.1, 0.15) is 42.1 Å². The number of rotatable bonds is 1. The molecule has 0 radical (unpaired) electrons. The lowest BCUT2D eigenvalue weighted by Gasteiger charge is -2.29. The van der Waals surface area contributed by atoms with Gasteiger partial charge in [-0.1, -0.05) is 23.2 Å². The minimum absolute atomic E-state index is 0.265. The monoisotopic (exact) mass is 398 g/mol. The number of carbonyl (C=O) groups excluding carboxylic acids is 1. The number of hydrogen-bond donors (Lipinski definition) is 0. The number of ether oxygens (including phenoxy) is 1. The lowest BCUT2D eigenvalue weighted by atomic mass is 9.88. The van der Waals surface area contributed by atoms with Gasteiger partial charge in [-0.2, -0.15) is 4.73 Å². The first-order valence-electron chi connectivity index (χ1n) is 9.72. The maximum absolute atomic E-state index is 12.8. The first-order chi connectivity index (χ1) is 13.6. The first kappa shape index (κ1) is 18.8. The van der Waals surface area contributed by atoms with Crippen molar-refractivity contribution in [1.82, 2.24) is 4.90 Å². The standard InChI is InChI=1S/C22H23ClN2O3/c1-2-28-22(26)24-12-9-15(10-13-24)20-19-8-7-18(23)14-17(19)6-5-16-4-3-11-25(27)21(16)20/h3-4,7-8,11,14H,2,5-6,9-10,12-13H2,1H3. The second kappa shape index (κ2) is 7.84. The van der Waals surface area contributed by atoms with Crippen molar-refractivity contribution < 1.29 is 14.3 Å². The Bertz CT molecular complexity index is 945. The maximum atomic E-state index is 12.8. The SMILES string of the molecule is CCOC(=O)N1CCC(=C2c3ccc(Cl)cc3CCc3ccc[n+]([O-])c32)CC1. The largest absolute Gasteiger partial charge is 0.618 e. The minimum Gasteiger partial charge on any atom is -0.618 e. The normalized spacial score (nSPS) is 16.3. The average molecular weight is 399 g/mol. The zero-order chi connectivity index (χ0) is 19.7. The van der Waals surface area contributed by atoms with Gasteiger partial charge in [0.05, 0.1) is 12.2 Å². The van der Waals surface area contributed by atoms with Gasteiger partial charge < -0.3 is 14.8 Å². The van der Waals surface area contributed by atoms with E-state index in [1.807, 2.05) is 31.2 Å². The summed E-state index contributed by atoms with van der Waals surface area (Å²) in [5, 5.41) is 13.5. The lowest BCUT2D eigenvalue weighted by Crippen LogP contribution is -2.38. The Balaban J connectivity index is 1.80. The molecule has 0 unspecified atom stereocenters. The fourth-order valence-electron chi connectivity index (χ4n) is 4.20. The molecule has 0 N–H and O–H groups in total. The number of benzene rings is 1. The van der Waals surface area contributed by atoms with Crippen LogP contribution in [0.4, 0.5) is 4.79 Å². The van der Waals surface area contributed by atoms with Crippen LogP contribution in [0.3, 0.4) is 0 Å². The van der Waals surface area contributed by atoms with Crippen molar-refractivity contribution in [3.63, 3.8) is 0 Å². The molecule has 2 aromatic rings. The number of amides is 1. The van der Waals surface area contributed by atoms with Crippen LogP contribution in [-0.4, -0.2) is 30.7 Å². The molecule has 0 saturated carbocycles. The van der Waals surface area contributed by atoms with Crippen molar-refractivity contribution in [2.24, 2.45) is 0 Å². The Labute approximate surface area is 169 Å². The molecule has 6 heteroatoms. The number of halogens is 1. The number of piperidine rings is 1. The summed E-state index contributed by atoms with van der Waals surface area (Å²) < 4.78 is 6.11. The van der Waals surface area contributed by atoms with Gasteiger partial charge in [-0.25, -0.2) is 4.79 Å². The van der Waals surface area contributed by atoms with E-state index in [0.717, 1.165) is 52.8 Å². The summed E-state index contributed by atoms with van der Waals surface area (Å²) in [5.41, 5.74) is 6.27. The third kappa shape index (κ3) is 3.47. The summed E-state index contributed by atoms with van der Waals surface area (Å²) >= 11 is 6.25. The van der Waals surface area contributed by atoms with E-state index in [0.29, 0.717) is 24.7 Å². The third-order valence-corrected chi connectivity index (χ3v) is 5.76. The van der Waals surface area contributed by atoms with Gasteiger partial charge in [0.2, 0.25) is 5.69 Å². The highest BCUT2D eigenvalue weighted by Crippen LogP contribution is 2.38.